The number of hydroxylamine groups is 2. The van der Waals surface area contributed by atoms with Crippen LogP contribution in [0.25, 0.3) is 0 Å². The minimum absolute atomic E-state index is 0.0437. The molecule has 3 N–H and O–H groups in total. The molecule has 18 nitrogen and oxygen atoms in total. The number of Topliss-reactive ketones (excluding diaryl/α,β-unsaturated/α-hetero) is 1. The summed E-state index contributed by atoms with van der Waals surface area (Å²) in [5.41, 5.74) is 0.0982. The van der Waals surface area contributed by atoms with Gasteiger partial charge in [0.15, 0.2) is 23.7 Å². The van der Waals surface area contributed by atoms with Gasteiger partial charge in [-0.05, 0) is 112 Å². The van der Waals surface area contributed by atoms with E-state index in [4.69, 9.17) is 33.3 Å². The van der Waals surface area contributed by atoms with Crippen LogP contribution in [0.15, 0.2) is 79.4 Å². The van der Waals surface area contributed by atoms with Gasteiger partial charge in [0.2, 0.25) is 11.7 Å². The Morgan fingerprint density at radius 2 is 1.69 bits per heavy atom. The lowest BCUT2D eigenvalue weighted by Gasteiger charge is -2.38. The van der Waals surface area contributed by atoms with Gasteiger partial charge in [0.1, 0.15) is 36.1 Å². The van der Waals surface area contributed by atoms with E-state index in [1.165, 1.54) is 16.0 Å². The van der Waals surface area contributed by atoms with Gasteiger partial charge in [0.05, 0.1) is 39.4 Å². The largest absolute Gasteiger partial charge is 0.493 e. The van der Waals surface area contributed by atoms with Crippen molar-refractivity contribution in [3.8, 4) is 29.1 Å². The van der Waals surface area contributed by atoms with Crippen molar-refractivity contribution in [2.24, 2.45) is 16.7 Å². The summed E-state index contributed by atoms with van der Waals surface area (Å²) in [6.45, 7) is 14.5. The normalized spacial score (nSPS) is 23.1. The third-order valence-electron chi connectivity index (χ3n) is 14.6. The Bertz CT molecular complexity index is 2710. The number of benzene rings is 3. The molecule has 3 heterocycles. The molecule has 0 radical (unpaired) electrons. The first kappa shape index (κ1) is 57.9. The Labute approximate surface area is 451 Å². The Kier molecular flexibility index (Phi) is 18.9. The summed E-state index contributed by atoms with van der Waals surface area (Å²) in [6, 6.07) is 17.6. The zero-order valence-electron chi connectivity index (χ0n) is 45.5. The van der Waals surface area contributed by atoms with Gasteiger partial charge >= 0.3 is 11.9 Å². The minimum atomic E-state index is -1.76. The molecule has 0 unspecified atom stereocenters. The number of ketones is 1. The van der Waals surface area contributed by atoms with E-state index in [0.717, 1.165) is 16.7 Å². The molecule has 8 atom stereocenters. The molecule has 18 heteroatoms. The highest BCUT2D eigenvalue weighted by Gasteiger charge is 2.74. The first-order valence-electron chi connectivity index (χ1n) is 26.5. The van der Waals surface area contributed by atoms with E-state index in [1.54, 1.807) is 58.4 Å². The highest BCUT2D eigenvalue weighted by molar-refractivity contribution is 6.38. The number of likely N-dealkylation sites (tertiary alicyclic amines) is 1. The second kappa shape index (κ2) is 25.1. The van der Waals surface area contributed by atoms with E-state index in [0.29, 0.717) is 49.2 Å². The number of hydrogen-bond donors (Lipinski definition) is 3. The van der Waals surface area contributed by atoms with Crippen molar-refractivity contribution < 1.29 is 67.1 Å². The number of fused-ring (bicyclic) bond motifs is 2. The fourth-order valence-electron chi connectivity index (χ4n) is 10.1. The lowest BCUT2D eigenvalue weighted by atomic mass is 9.70. The van der Waals surface area contributed by atoms with Crippen LogP contribution in [-0.2, 0) is 60.8 Å². The molecule has 0 aromatic heterocycles. The molecule has 1 aliphatic carbocycles. The number of epoxide rings is 1. The molecule has 4 aliphatic rings. The van der Waals surface area contributed by atoms with Crippen LogP contribution < -0.4 is 24.8 Å². The number of rotatable bonds is 23. The molecular weight excluding hydrogens is 989 g/mol. The van der Waals surface area contributed by atoms with Gasteiger partial charge in [-0.1, -0.05) is 69.0 Å². The third-order valence-corrected chi connectivity index (χ3v) is 14.6. The van der Waals surface area contributed by atoms with Crippen molar-refractivity contribution in [1.82, 2.24) is 20.6 Å². The zero-order valence-corrected chi connectivity index (χ0v) is 45.5. The van der Waals surface area contributed by atoms with Crippen LogP contribution in [0.3, 0.4) is 0 Å². The Morgan fingerprint density at radius 3 is 2.38 bits per heavy atom. The first-order valence-corrected chi connectivity index (χ1v) is 26.5. The number of nitrogens with one attached hydrogen (secondary N) is 2. The van der Waals surface area contributed by atoms with Gasteiger partial charge in [0.25, 0.3) is 11.8 Å². The Balaban J connectivity index is 1.13. The summed E-state index contributed by atoms with van der Waals surface area (Å²) in [5.74, 6) is 2.80. The lowest BCUT2D eigenvalue weighted by Crippen LogP contribution is -2.62. The van der Waals surface area contributed by atoms with E-state index in [1.807, 2.05) is 64.1 Å². The maximum absolute atomic E-state index is 14.4. The quantitative estimate of drug-likeness (QED) is 0.0339. The van der Waals surface area contributed by atoms with Crippen LogP contribution in [-0.4, -0.2) is 134 Å². The molecule has 7 rings (SSSR count). The molecule has 3 aromatic rings. The number of amides is 3. The molecule has 4 fully saturated rings. The van der Waals surface area contributed by atoms with Gasteiger partial charge in [-0.2, -0.15) is 5.06 Å². The number of aryl methyl sites for hydroxylation is 1. The Hall–Kier alpha value is -6.78. The average molecular weight is 1060 g/mol. The zero-order chi connectivity index (χ0) is 55.7. The molecule has 0 spiro atoms. The maximum Gasteiger partial charge on any atom is 0.344 e. The molecule has 77 heavy (non-hydrogen) atoms. The highest BCUT2D eigenvalue weighted by Crippen LogP contribution is 2.54. The van der Waals surface area contributed by atoms with Crippen molar-refractivity contribution in [2.75, 3.05) is 47.1 Å². The molecule has 3 aromatic carbocycles. The van der Waals surface area contributed by atoms with Crippen molar-refractivity contribution in [3.63, 3.8) is 0 Å². The van der Waals surface area contributed by atoms with Gasteiger partial charge in [-0.3, -0.25) is 24.0 Å². The first-order chi connectivity index (χ1) is 36.8. The number of nitrogens with zero attached hydrogens (tertiary/aromatic N) is 2. The second-order valence-electron chi connectivity index (χ2n) is 21.6. The van der Waals surface area contributed by atoms with E-state index >= 15 is 0 Å². The molecule has 0 bridgehead atoms. The van der Waals surface area contributed by atoms with Crippen LogP contribution >= 0.6 is 0 Å². The monoisotopic (exact) mass is 1060 g/mol. The number of aliphatic hydroxyl groups excluding tert-OH is 1. The van der Waals surface area contributed by atoms with Crippen molar-refractivity contribution in [3.05, 3.63) is 102 Å². The van der Waals surface area contributed by atoms with Gasteiger partial charge in [-0.25, -0.2) is 9.59 Å². The predicted octanol–water partition coefficient (Wildman–Crippen LogP) is 5.75. The number of hydrogen-bond acceptors (Lipinski definition) is 15. The fraction of sp³-hybridized carbons (Fsp3) is 0.525. The molecule has 3 amide bonds. The van der Waals surface area contributed by atoms with Gasteiger partial charge in [0, 0.05) is 42.4 Å². The SMILES string of the molecule is C=CCNC(=O)[C@@H]1[C@@H]2[C@H](OC(=O)COc3cccc([C@@H](CCc4ccc(OC)c(OC)c4)OC(=O)[C@@H]4CCCCN4C(=O)C(=O)C(C)(C)CC)c3)[C@H]3O[C@H]3C[C@]2(C(=O)NCCO)ON1Cc1ccc(C#CC(C)(C)C)cc1. The van der Waals surface area contributed by atoms with Crippen molar-refractivity contribution >= 4 is 35.4 Å². The van der Waals surface area contributed by atoms with Crippen LogP contribution in [0.5, 0.6) is 17.2 Å². The molecule has 3 aliphatic heterocycles. The lowest BCUT2D eigenvalue weighted by molar-refractivity contribution is -0.220. The van der Waals surface area contributed by atoms with Gasteiger partial charge < -0.3 is 49.1 Å². The molecule has 3 saturated heterocycles. The number of carbonyl (C=O) groups is 6. The Morgan fingerprint density at radius 1 is 0.948 bits per heavy atom. The summed E-state index contributed by atoms with van der Waals surface area (Å²) in [5, 5.41) is 16.8. The smallest absolute Gasteiger partial charge is 0.344 e. The third kappa shape index (κ3) is 13.9. The average Bonchev–Trinajstić information content (AvgIpc) is 4.13. The molecular formula is C59H74N4O14. The summed E-state index contributed by atoms with van der Waals surface area (Å²) < 4.78 is 35.7. The van der Waals surface area contributed by atoms with Crippen LogP contribution in [0.4, 0.5) is 0 Å². The van der Waals surface area contributed by atoms with Crippen LogP contribution in [0, 0.1) is 28.6 Å². The van der Waals surface area contributed by atoms with Gasteiger partial charge in [-0.15, -0.1) is 6.58 Å². The van der Waals surface area contributed by atoms with E-state index in [-0.39, 0.29) is 56.8 Å². The van der Waals surface area contributed by atoms with E-state index < -0.39 is 95.5 Å². The number of ether oxygens (including phenoxy) is 6. The minimum Gasteiger partial charge on any atom is -0.493 e. The van der Waals surface area contributed by atoms with Crippen LogP contribution in [0.2, 0.25) is 0 Å². The summed E-state index contributed by atoms with van der Waals surface area (Å²) in [4.78, 5) is 92.2. The summed E-state index contributed by atoms with van der Waals surface area (Å²) in [7, 11) is 3.09. The topological polar surface area (TPSA) is 221 Å². The summed E-state index contributed by atoms with van der Waals surface area (Å²) >= 11 is 0. The molecule has 414 valence electrons. The number of methoxy groups -OCH3 is 2. The number of esters is 2. The van der Waals surface area contributed by atoms with Crippen molar-refractivity contribution in [1.29, 1.82) is 0 Å². The standard InChI is InChI=1S/C59H74N4O14/c1-10-28-60-53(67)49-48-51(50-46(74-50)34-59(48,56(70)61-29-31-64)77-63(49)35-39-20-18-37(19-21-39)26-27-57(3,4)5)76-47(65)36-73-41-16-14-15-40(33-41)43(24-22-38-23-25-44(71-8)45(32-38)72-9)75-55(69)42-17-12-13-30-62(42)54(68)52(66)58(6,7)11-2/h10,14-16,18-21,23,25,32-33,42-43,46,48-51,64H,1,11-13,17,22,24,28-31,34-36H2,2-9H3,(H,60,67)(H,61,70)/t42-,43+,46-,48+,49-,50-,51-,59-/m0/s1. The fourth-order valence-corrected chi connectivity index (χ4v) is 10.1. The molecule has 1 saturated carbocycles. The van der Waals surface area contributed by atoms with E-state index in [9.17, 15) is 33.9 Å². The van der Waals surface area contributed by atoms with E-state index in [2.05, 4.69) is 29.1 Å². The number of piperidine rings is 1. The van der Waals surface area contributed by atoms with Crippen LogP contribution in [0.1, 0.15) is 108 Å². The maximum atomic E-state index is 14.4. The number of aliphatic hydroxyl groups is 1. The number of carbonyl (C=O) groups excluding carboxylic acids is 6. The van der Waals surface area contributed by atoms with Crippen molar-refractivity contribution in [2.45, 2.75) is 135 Å². The summed E-state index contributed by atoms with van der Waals surface area (Å²) in [6.07, 6.45) is 1.09. The predicted molar refractivity (Wildman–Crippen MR) is 283 cm³/mol. The highest BCUT2D eigenvalue weighted by atomic mass is 16.7. The second-order valence-corrected chi connectivity index (χ2v) is 21.6.